The molecule has 0 aromatic carbocycles. The zero-order valence-electron chi connectivity index (χ0n) is 15.5. The van der Waals surface area contributed by atoms with E-state index in [-0.39, 0.29) is 0 Å². The number of fused-ring (bicyclic) bond motifs is 1. The minimum atomic E-state index is 0.568. The van der Waals surface area contributed by atoms with Crippen LogP contribution >= 0.6 is 27.7 Å². The largest absolute Gasteiger partial charge is 0.369 e. The molecule has 144 valence electrons. The molecule has 3 aromatic heterocycles. The normalized spacial score (nSPS) is 15.1. The Hall–Kier alpha value is -1.68. The van der Waals surface area contributed by atoms with Gasteiger partial charge in [0.1, 0.15) is 22.6 Å². The first-order valence-electron chi connectivity index (χ1n) is 9.24. The van der Waals surface area contributed by atoms with Crippen molar-refractivity contribution >= 4 is 44.5 Å². The lowest BCUT2D eigenvalue weighted by Gasteiger charge is -2.16. The number of hydrogen-bond donors (Lipinski definition) is 1. The molecule has 1 saturated carbocycles. The maximum Gasteiger partial charge on any atom is 0.191 e. The molecule has 1 fully saturated rings. The molecular weight excluding hydrogens is 428 g/mol. The van der Waals surface area contributed by atoms with Crippen molar-refractivity contribution < 1.29 is 0 Å². The maximum absolute atomic E-state index is 4.46. The van der Waals surface area contributed by atoms with Crippen LogP contribution in [0.5, 0.6) is 0 Å². The monoisotopic (exact) mass is 450 g/mol. The molecule has 10 heteroatoms. The Kier molecular flexibility index (Phi) is 5.63. The average Bonchev–Trinajstić information content (AvgIpc) is 3.38. The first-order chi connectivity index (χ1) is 13.2. The zero-order chi connectivity index (χ0) is 18.8. The van der Waals surface area contributed by atoms with Crippen molar-refractivity contribution in [1.29, 1.82) is 0 Å². The van der Waals surface area contributed by atoms with Crippen molar-refractivity contribution in [1.82, 2.24) is 34.5 Å². The highest BCUT2D eigenvalue weighted by Gasteiger charge is 2.23. The summed E-state index contributed by atoms with van der Waals surface area (Å²) in [5.74, 6) is 1.91. The molecule has 0 amide bonds. The molecule has 0 saturated heterocycles. The van der Waals surface area contributed by atoms with Crippen molar-refractivity contribution in [3.63, 3.8) is 0 Å². The Bertz CT molecular complexity index is 931. The maximum atomic E-state index is 4.46. The van der Waals surface area contributed by atoms with E-state index in [9.17, 15) is 0 Å². The SMILES string of the molecule is CSc1nnc(CCCNc2ncnc3c2c(Br)nn3C)n1C1CCCC1. The summed E-state index contributed by atoms with van der Waals surface area (Å²) in [6, 6.07) is 0.568. The van der Waals surface area contributed by atoms with Gasteiger partial charge in [-0.05, 0) is 41.4 Å². The second-order valence-corrected chi connectivity index (χ2v) is 8.30. The number of aromatic nitrogens is 7. The standard InChI is InChI=1S/C17H23BrN8S/c1-25-16-13(14(18)24-25)15(20-10-21-16)19-9-5-8-12-22-23-17(27-2)26(12)11-6-3-4-7-11/h10-11H,3-9H2,1-2H3,(H,19,20,21). The summed E-state index contributed by atoms with van der Waals surface area (Å²) in [6.07, 6.45) is 10.6. The van der Waals surface area contributed by atoms with Crippen molar-refractivity contribution in [3.8, 4) is 0 Å². The number of thioether (sulfide) groups is 1. The van der Waals surface area contributed by atoms with Crippen LogP contribution in [-0.2, 0) is 13.5 Å². The molecule has 8 nitrogen and oxygen atoms in total. The fraction of sp³-hybridized carbons (Fsp3) is 0.588. The van der Waals surface area contributed by atoms with Crippen molar-refractivity contribution in [2.75, 3.05) is 18.1 Å². The van der Waals surface area contributed by atoms with Crippen LogP contribution in [0.25, 0.3) is 11.0 Å². The average molecular weight is 451 g/mol. The molecule has 3 aromatic rings. The number of aryl methyl sites for hydroxylation is 2. The van der Waals surface area contributed by atoms with E-state index < -0.39 is 0 Å². The van der Waals surface area contributed by atoms with E-state index in [1.54, 1.807) is 22.8 Å². The second-order valence-electron chi connectivity index (χ2n) is 6.78. The highest BCUT2D eigenvalue weighted by atomic mass is 79.9. The molecule has 0 radical (unpaired) electrons. The van der Waals surface area contributed by atoms with Gasteiger partial charge in [-0.3, -0.25) is 0 Å². The lowest BCUT2D eigenvalue weighted by Crippen LogP contribution is -2.12. The first kappa shape index (κ1) is 18.7. The summed E-state index contributed by atoms with van der Waals surface area (Å²) >= 11 is 5.18. The Balaban J connectivity index is 1.42. The highest BCUT2D eigenvalue weighted by Crippen LogP contribution is 2.33. The number of rotatable bonds is 7. The summed E-state index contributed by atoms with van der Waals surface area (Å²) in [7, 11) is 1.88. The van der Waals surface area contributed by atoms with Gasteiger partial charge in [0.05, 0.1) is 5.39 Å². The van der Waals surface area contributed by atoms with Gasteiger partial charge < -0.3 is 9.88 Å². The van der Waals surface area contributed by atoms with Crippen molar-refractivity contribution in [3.05, 3.63) is 16.8 Å². The van der Waals surface area contributed by atoms with Crippen LogP contribution in [-0.4, -0.2) is 47.3 Å². The van der Waals surface area contributed by atoms with Gasteiger partial charge in [0.2, 0.25) is 0 Å². The van der Waals surface area contributed by atoms with E-state index in [1.807, 2.05) is 7.05 Å². The Morgan fingerprint density at radius 2 is 2.07 bits per heavy atom. The molecule has 0 aliphatic heterocycles. The highest BCUT2D eigenvalue weighted by molar-refractivity contribution is 9.10. The first-order valence-corrected chi connectivity index (χ1v) is 11.3. The van der Waals surface area contributed by atoms with Crippen LogP contribution in [0.3, 0.4) is 0 Å². The van der Waals surface area contributed by atoms with Gasteiger partial charge in [-0.2, -0.15) is 5.10 Å². The van der Waals surface area contributed by atoms with Crippen molar-refractivity contribution in [2.45, 2.75) is 49.7 Å². The fourth-order valence-corrected chi connectivity index (χ4v) is 4.95. The van der Waals surface area contributed by atoms with Gasteiger partial charge in [-0.25, -0.2) is 14.6 Å². The van der Waals surface area contributed by atoms with Crippen LogP contribution in [0.15, 0.2) is 16.1 Å². The van der Waals surface area contributed by atoms with Crippen LogP contribution in [0.1, 0.15) is 44.0 Å². The number of nitrogens with one attached hydrogen (secondary N) is 1. The molecule has 3 heterocycles. The summed E-state index contributed by atoms with van der Waals surface area (Å²) in [4.78, 5) is 8.68. The third-order valence-corrected chi connectivity index (χ3v) is 6.25. The van der Waals surface area contributed by atoms with Gasteiger partial charge in [-0.15, -0.1) is 10.2 Å². The van der Waals surface area contributed by atoms with Gasteiger partial charge in [0.25, 0.3) is 0 Å². The summed E-state index contributed by atoms with van der Waals surface area (Å²) in [5, 5.41) is 18.6. The molecule has 1 aliphatic rings. The van der Waals surface area contributed by atoms with E-state index in [4.69, 9.17) is 0 Å². The lowest BCUT2D eigenvalue weighted by molar-refractivity contribution is 0.461. The topological polar surface area (TPSA) is 86.3 Å². The Morgan fingerprint density at radius 1 is 1.26 bits per heavy atom. The Labute approximate surface area is 170 Å². The number of anilines is 1. The second kappa shape index (κ2) is 8.14. The van der Waals surface area contributed by atoms with Crippen LogP contribution in [0.2, 0.25) is 0 Å². The van der Waals surface area contributed by atoms with Crippen LogP contribution in [0.4, 0.5) is 5.82 Å². The fourth-order valence-electron chi connectivity index (χ4n) is 3.77. The molecule has 0 unspecified atom stereocenters. The molecule has 0 atom stereocenters. The number of halogens is 1. The van der Waals surface area contributed by atoms with Gasteiger partial charge >= 0.3 is 0 Å². The molecular formula is C17H23BrN8S. The number of nitrogens with zero attached hydrogens (tertiary/aromatic N) is 7. The summed E-state index contributed by atoms with van der Waals surface area (Å²) in [6.45, 7) is 0.805. The predicted octanol–water partition coefficient (Wildman–Crippen LogP) is 3.60. The van der Waals surface area contributed by atoms with Gasteiger partial charge in [-0.1, -0.05) is 24.6 Å². The zero-order valence-corrected chi connectivity index (χ0v) is 17.9. The third kappa shape index (κ3) is 3.69. The van der Waals surface area contributed by atoms with E-state index >= 15 is 0 Å². The van der Waals surface area contributed by atoms with E-state index in [0.717, 1.165) is 51.8 Å². The molecule has 1 aliphatic carbocycles. The molecule has 1 N–H and O–H groups in total. The number of hydrogen-bond acceptors (Lipinski definition) is 7. The van der Waals surface area contributed by atoms with E-state index in [2.05, 4.69) is 57.3 Å². The third-order valence-electron chi connectivity index (χ3n) is 5.06. The quantitative estimate of drug-likeness (QED) is 0.434. The Morgan fingerprint density at radius 3 is 2.85 bits per heavy atom. The minimum absolute atomic E-state index is 0.568. The summed E-state index contributed by atoms with van der Waals surface area (Å²) < 4.78 is 4.88. The van der Waals surface area contributed by atoms with Crippen molar-refractivity contribution in [2.24, 2.45) is 7.05 Å². The van der Waals surface area contributed by atoms with Crippen LogP contribution in [0, 0.1) is 0 Å². The van der Waals surface area contributed by atoms with Crippen LogP contribution < -0.4 is 5.32 Å². The van der Waals surface area contributed by atoms with Gasteiger partial charge in [0.15, 0.2) is 10.8 Å². The minimum Gasteiger partial charge on any atom is -0.369 e. The smallest absolute Gasteiger partial charge is 0.191 e. The summed E-state index contributed by atoms with van der Waals surface area (Å²) in [5.41, 5.74) is 0.810. The molecule has 0 spiro atoms. The molecule has 4 rings (SSSR count). The molecule has 0 bridgehead atoms. The van der Waals surface area contributed by atoms with E-state index in [1.165, 1.54) is 25.7 Å². The lowest BCUT2D eigenvalue weighted by atomic mass is 10.2. The van der Waals surface area contributed by atoms with Gasteiger partial charge in [0, 0.05) is 26.1 Å². The predicted molar refractivity (Wildman–Crippen MR) is 110 cm³/mol. The van der Waals surface area contributed by atoms with E-state index in [0.29, 0.717) is 6.04 Å². The molecule has 27 heavy (non-hydrogen) atoms.